The van der Waals surface area contributed by atoms with E-state index in [1.807, 2.05) is 0 Å². The first-order valence-corrected chi connectivity index (χ1v) is 5.82. The van der Waals surface area contributed by atoms with Gasteiger partial charge in [-0.1, -0.05) is 18.7 Å². The summed E-state index contributed by atoms with van der Waals surface area (Å²) in [7, 11) is 0. The van der Waals surface area contributed by atoms with Gasteiger partial charge in [-0.2, -0.15) is 0 Å². The molecule has 0 aliphatic heterocycles. The van der Waals surface area contributed by atoms with Crippen molar-refractivity contribution in [3.8, 4) is 0 Å². The van der Waals surface area contributed by atoms with E-state index in [0.717, 1.165) is 17.8 Å². The van der Waals surface area contributed by atoms with Gasteiger partial charge in [0.2, 0.25) is 5.12 Å². The standard InChI is InChI=1S/C11H10FNO3S/c1-2-17-11(14)10(12)7-8-3-5-9(6-4-8)13(15)16/h3-7H,2H2,1H3/b10-7+. The summed E-state index contributed by atoms with van der Waals surface area (Å²) in [4.78, 5) is 21.0. The molecule has 0 radical (unpaired) electrons. The maximum atomic E-state index is 13.3. The summed E-state index contributed by atoms with van der Waals surface area (Å²) >= 11 is 0.876. The highest BCUT2D eigenvalue weighted by Gasteiger charge is 2.09. The molecule has 0 saturated carbocycles. The van der Waals surface area contributed by atoms with Crippen molar-refractivity contribution in [2.45, 2.75) is 6.92 Å². The van der Waals surface area contributed by atoms with Crippen LogP contribution in [0.1, 0.15) is 12.5 Å². The number of hydrogen-bond acceptors (Lipinski definition) is 4. The number of hydrogen-bond donors (Lipinski definition) is 0. The van der Waals surface area contributed by atoms with Crippen molar-refractivity contribution in [1.29, 1.82) is 0 Å². The number of non-ortho nitro benzene ring substituents is 1. The molecule has 4 nitrogen and oxygen atoms in total. The largest absolute Gasteiger partial charge is 0.279 e. The molecule has 0 aliphatic carbocycles. The van der Waals surface area contributed by atoms with Crippen LogP contribution in [0.15, 0.2) is 30.1 Å². The summed E-state index contributed by atoms with van der Waals surface area (Å²) in [5.74, 6) is -0.355. The zero-order valence-corrected chi connectivity index (χ0v) is 9.87. The monoisotopic (exact) mass is 255 g/mol. The van der Waals surface area contributed by atoms with E-state index in [1.54, 1.807) is 6.92 Å². The molecule has 0 aliphatic rings. The molecular formula is C11H10FNO3S. The zero-order chi connectivity index (χ0) is 12.8. The molecular weight excluding hydrogens is 245 g/mol. The van der Waals surface area contributed by atoms with Crippen molar-refractivity contribution >= 4 is 28.6 Å². The first kappa shape index (κ1) is 13.4. The summed E-state index contributed by atoms with van der Waals surface area (Å²) in [6.45, 7) is 1.75. The average molecular weight is 255 g/mol. The van der Waals surface area contributed by atoms with E-state index in [1.165, 1.54) is 24.3 Å². The van der Waals surface area contributed by atoms with Gasteiger partial charge in [-0.25, -0.2) is 4.39 Å². The topological polar surface area (TPSA) is 60.2 Å². The van der Waals surface area contributed by atoms with Gasteiger partial charge in [0.15, 0.2) is 5.83 Å². The van der Waals surface area contributed by atoms with Crippen LogP contribution in [-0.4, -0.2) is 15.8 Å². The smallest absolute Gasteiger partial charge is 0.269 e. The Morgan fingerprint density at radius 3 is 2.53 bits per heavy atom. The molecule has 0 spiro atoms. The molecule has 90 valence electrons. The molecule has 0 amide bonds. The van der Waals surface area contributed by atoms with Crippen LogP contribution in [0.3, 0.4) is 0 Å². The maximum absolute atomic E-state index is 13.3. The van der Waals surface area contributed by atoms with Gasteiger partial charge in [-0.3, -0.25) is 14.9 Å². The number of carbonyl (C=O) groups is 1. The van der Waals surface area contributed by atoms with Crippen LogP contribution < -0.4 is 0 Å². The number of benzene rings is 1. The minimum atomic E-state index is -0.856. The highest BCUT2D eigenvalue weighted by Crippen LogP contribution is 2.17. The molecule has 6 heteroatoms. The van der Waals surface area contributed by atoms with Crippen LogP contribution in [0.4, 0.5) is 10.1 Å². The first-order valence-electron chi connectivity index (χ1n) is 4.83. The van der Waals surface area contributed by atoms with Crippen LogP contribution in [-0.2, 0) is 4.79 Å². The van der Waals surface area contributed by atoms with Gasteiger partial charge >= 0.3 is 0 Å². The minimum Gasteiger partial charge on any atom is -0.279 e. The van der Waals surface area contributed by atoms with Gasteiger partial charge in [0.1, 0.15) is 0 Å². The van der Waals surface area contributed by atoms with Crippen LogP contribution in [0, 0.1) is 10.1 Å². The van der Waals surface area contributed by atoms with Gasteiger partial charge in [0, 0.05) is 12.1 Å². The molecule has 0 fully saturated rings. The van der Waals surface area contributed by atoms with E-state index in [9.17, 15) is 19.3 Å². The Morgan fingerprint density at radius 1 is 1.47 bits per heavy atom. The number of carbonyl (C=O) groups excluding carboxylic acids is 1. The molecule has 1 rings (SSSR count). The zero-order valence-electron chi connectivity index (χ0n) is 9.05. The Bertz CT molecular complexity index is 456. The van der Waals surface area contributed by atoms with Gasteiger partial charge in [-0.05, 0) is 29.5 Å². The number of nitro groups is 1. The fourth-order valence-electron chi connectivity index (χ4n) is 1.10. The lowest BCUT2D eigenvalue weighted by Crippen LogP contribution is -1.92. The summed E-state index contributed by atoms with van der Waals surface area (Å²) in [5.41, 5.74) is 0.343. The van der Waals surface area contributed by atoms with Gasteiger partial charge in [0.25, 0.3) is 5.69 Å². The SMILES string of the molecule is CCSC(=O)/C(F)=C\c1ccc([N+](=O)[O-])cc1. The quantitative estimate of drug-likeness (QED) is 0.471. The second-order valence-electron chi connectivity index (χ2n) is 3.06. The lowest BCUT2D eigenvalue weighted by Gasteiger charge is -1.96. The highest BCUT2D eigenvalue weighted by atomic mass is 32.2. The number of rotatable bonds is 4. The molecule has 0 unspecified atom stereocenters. The van der Waals surface area contributed by atoms with Crippen molar-refractivity contribution < 1.29 is 14.1 Å². The lowest BCUT2D eigenvalue weighted by atomic mass is 10.2. The van der Waals surface area contributed by atoms with Gasteiger partial charge in [-0.15, -0.1) is 0 Å². The van der Waals surface area contributed by atoms with Crippen molar-refractivity contribution in [3.05, 3.63) is 45.8 Å². The third-order valence-electron chi connectivity index (χ3n) is 1.87. The lowest BCUT2D eigenvalue weighted by molar-refractivity contribution is -0.384. The molecule has 0 bridgehead atoms. The highest BCUT2D eigenvalue weighted by molar-refractivity contribution is 8.14. The van der Waals surface area contributed by atoms with Crippen LogP contribution in [0.2, 0.25) is 0 Å². The van der Waals surface area contributed by atoms with E-state index >= 15 is 0 Å². The number of thioether (sulfide) groups is 1. The summed E-state index contributed by atoms with van der Waals surface area (Å²) in [5, 5.41) is 9.75. The molecule has 17 heavy (non-hydrogen) atoms. The molecule has 0 atom stereocenters. The normalized spacial score (nSPS) is 11.3. The minimum absolute atomic E-state index is 0.0724. The van der Waals surface area contributed by atoms with Crippen LogP contribution >= 0.6 is 11.8 Å². The van der Waals surface area contributed by atoms with Crippen LogP contribution in [0.5, 0.6) is 0 Å². The van der Waals surface area contributed by atoms with E-state index in [0.29, 0.717) is 11.3 Å². The van der Waals surface area contributed by atoms with Crippen molar-refractivity contribution in [2.75, 3.05) is 5.75 Å². The van der Waals surface area contributed by atoms with Gasteiger partial charge in [0.05, 0.1) is 4.92 Å². The summed E-state index contributed by atoms with van der Waals surface area (Å²) in [6.07, 6.45) is 1.06. The molecule has 0 N–H and O–H groups in total. The Labute approximate surface area is 102 Å². The third kappa shape index (κ3) is 3.99. The molecule has 0 saturated heterocycles. The van der Waals surface area contributed by atoms with E-state index in [2.05, 4.69) is 0 Å². The number of nitrogens with zero attached hydrogens (tertiary/aromatic N) is 1. The second kappa shape index (κ2) is 6.15. The second-order valence-corrected chi connectivity index (χ2v) is 4.30. The fourth-order valence-corrected chi connectivity index (χ4v) is 1.56. The molecule has 0 heterocycles. The summed E-state index contributed by atoms with van der Waals surface area (Å²) < 4.78 is 13.3. The Morgan fingerprint density at radius 2 is 2.06 bits per heavy atom. The maximum Gasteiger partial charge on any atom is 0.269 e. The van der Waals surface area contributed by atoms with Crippen molar-refractivity contribution in [2.24, 2.45) is 0 Å². The van der Waals surface area contributed by atoms with E-state index in [4.69, 9.17) is 0 Å². The fraction of sp³-hybridized carbons (Fsp3) is 0.182. The first-order chi connectivity index (χ1) is 8.04. The average Bonchev–Trinajstić information content (AvgIpc) is 2.30. The Hall–Kier alpha value is -1.69. The number of nitro benzene ring substituents is 1. The molecule has 0 aromatic heterocycles. The Kier molecular flexibility index (Phi) is 4.84. The molecule has 1 aromatic carbocycles. The number of halogens is 1. The van der Waals surface area contributed by atoms with Crippen molar-refractivity contribution in [3.63, 3.8) is 0 Å². The molecule has 1 aromatic rings. The predicted molar refractivity (Wildman–Crippen MR) is 65.3 cm³/mol. The van der Waals surface area contributed by atoms with Crippen LogP contribution in [0.25, 0.3) is 6.08 Å². The van der Waals surface area contributed by atoms with E-state index < -0.39 is 15.9 Å². The predicted octanol–water partition coefficient (Wildman–Crippen LogP) is 3.18. The van der Waals surface area contributed by atoms with E-state index in [-0.39, 0.29) is 5.69 Å². The summed E-state index contributed by atoms with van der Waals surface area (Å²) in [6, 6.07) is 5.30. The van der Waals surface area contributed by atoms with Gasteiger partial charge < -0.3 is 0 Å². The Balaban J connectivity index is 2.84. The third-order valence-corrected chi connectivity index (χ3v) is 2.61. The van der Waals surface area contributed by atoms with Crippen molar-refractivity contribution in [1.82, 2.24) is 0 Å².